The van der Waals surface area contributed by atoms with Gasteiger partial charge in [0.2, 0.25) is 5.91 Å². The van der Waals surface area contributed by atoms with Crippen molar-refractivity contribution in [3.63, 3.8) is 0 Å². The second kappa shape index (κ2) is 6.89. The number of ether oxygens (including phenoxy) is 1. The molecular formula is C13H25NO2. The van der Waals surface area contributed by atoms with Gasteiger partial charge in [-0.15, -0.1) is 0 Å². The summed E-state index contributed by atoms with van der Waals surface area (Å²) in [5.41, 5.74) is 0. The lowest BCUT2D eigenvalue weighted by Gasteiger charge is -2.32. The average Bonchev–Trinajstić information content (AvgIpc) is 2.19. The molecule has 0 aliphatic heterocycles. The second-order valence-corrected chi connectivity index (χ2v) is 5.18. The maximum absolute atomic E-state index is 11.1. The molecule has 1 N–H and O–H groups in total. The van der Waals surface area contributed by atoms with Crippen LogP contribution < -0.4 is 5.32 Å². The second-order valence-electron chi connectivity index (χ2n) is 5.18. The fourth-order valence-electron chi connectivity index (χ4n) is 2.18. The summed E-state index contributed by atoms with van der Waals surface area (Å²) in [6.07, 6.45) is 5.91. The molecular weight excluding hydrogens is 202 g/mol. The molecule has 1 aliphatic rings. The van der Waals surface area contributed by atoms with Crippen molar-refractivity contribution in [3.8, 4) is 0 Å². The highest BCUT2D eigenvalue weighted by Crippen LogP contribution is 2.21. The van der Waals surface area contributed by atoms with E-state index in [1.165, 1.54) is 12.8 Å². The smallest absolute Gasteiger partial charge is 0.217 e. The van der Waals surface area contributed by atoms with E-state index in [2.05, 4.69) is 19.2 Å². The largest absolute Gasteiger partial charge is 0.376 e. The first-order chi connectivity index (χ1) is 7.59. The first-order valence-corrected chi connectivity index (χ1v) is 6.48. The van der Waals surface area contributed by atoms with E-state index in [9.17, 15) is 4.79 Å². The summed E-state index contributed by atoms with van der Waals surface area (Å²) in [4.78, 5) is 11.1. The van der Waals surface area contributed by atoms with Crippen LogP contribution in [0.2, 0.25) is 0 Å². The Kier molecular flexibility index (Phi) is 5.81. The summed E-state index contributed by atoms with van der Waals surface area (Å²) < 4.78 is 5.89. The first-order valence-electron chi connectivity index (χ1n) is 6.48. The normalized spacial score (nSPS) is 25.8. The zero-order valence-corrected chi connectivity index (χ0v) is 10.8. The Morgan fingerprint density at radius 1 is 1.38 bits per heavy atom. The predicted molar refractivity (Wildman–Crippen MR) is 65.3 cm³/mol. The van der Waals surface area contributed by atoms with Gasteiger partial charge in [0.1, 0.15) is 0 Å². The number of rotatable bonds is 5. The SMILES string of the molecule is CC(=O)NC1CCCCC1OCCC(C)C. The molecule has 0 radical (unpaired) electrons. The molecule has 3 nitrogen and oxygen atoms in total. The minimum absolute atomic E-state index is 0.0596. The number of amides is 1. The van der Waals surface area contributed by atoms with Crippen molar-refractivity contribution >= 4 is 5.91 Å². The quantitative estimate of drug-likeness (QED) is 0.783. The molecule has 0 aromatic carbocycles. The maximum Gasteiger partial charge on any atom is 0.217 e. The minimum Gasteiger partial charge on any atom is -0.376 e. The molecule has 0 aromatic heterocycles. The number of hydrogen-bond acceptors (Lipinski definition) is 2. The molecule has 94 valence electrons. The Hall–Kier alpha value is -0.570. The van der Waals surface area contributed by atoms with Crippen LogP contribution in [-0.2, 0) is 9.53 Å². The zero-order valence-electron chi connectivity index (χ0n) is 10.8. The third-order valence-corrected chi connectivity index (χ3v) is 3.12. The van der Waals surface area contributed by atoms with E-state index in [0.29, 0.717) is 5.92 Å². The molecule has 1 amide bonds. The number of carbonyl (C=O) groups is 1. The molecule has 1 fully saturated rings. The molecule has 1 rings (SSSR count). The summed E-state index contributed by atoms with van der Waals surface area (Å²) >= 11 is 0. The van der Waals surface area contributed by atoms with Gasteiger partial charge in [-0.2, -0.15) is 0 Å². The van der Waals surface area contributed by atoms with Crippen LogP contribution in [0.4, 0.5) is 0 Å². The van der Waals surface area contributed by atoms with E-state index in [-0.39, 0.29) is 18.1 Å². The van der Waals surface area contributed by atoms with Crippen LogP contribution in [-0.4, -0.2) is 24.7 Å². The van der Waals surface area contributed by atoms with Crippen LogP contribution in [0.3, 0.4) is 0 Å². The van der Waals surface area contributed by atoms with Crippen molar-refractivity contribution in [1.29, 1.82) is 0 Å². The molecule has 2 unspecified atom stereocenters. The van der Waals surface area contributed by atoms with Gasteiger partial charge in [-0.3, -0.25) is 4.79 Å². The number of nitrogens with one attached hydrogen (secondary N) is 1. The van der Waals surface area contributed by atoms with Crippen molar-refractivity contribution in [2.24, 2.45) is 5.92 Å². The summed E-state index contributed by atoms with van der Waals surface area (Å²) in [5, 5.41) is 3.01. The van der Waals surface area contributed by atoms with Crippen LogP contribution in [0.15, 0.2) is 0 Å². The van der Waals surface area contributed by atoms with Crippen LogP contribution in [0.5, 0.6) is 0 Å². The summed E-state index contributed by atoms with van der Waals surface area (Å²) in [5.74, 6) is 0.743. The topological polar surface area (TPSA) is 38.3 Å². The van der Waals surface area contributed by atoms with E-state index < -0.39 is 0 Å². The molecule has 0 saturated heterocycles. The van der Waals surface area contributed by atoms with Crippen molar-refractivity contribution in [1.82, 2.24) is 5.32 Å². The molecule has 0 spiro atoms. The van der Waals surface area contributed by atoms with Crippen molar-refractivity contribution in [2.45, 2.75) is 65.0 Å². The lowest BCUT2D eigenvalue weighted by molar-refractivity contribution is -0.121. The van der Waals surface area contributed by atoms with E-state index in [1.807, 2.05) is 0 Å². The van der Waals surface area contributed by atoms with Gasteiger partial charge in [-0.25, -0.2) is 0 Å². The summed E-state index contributed by atoms with van der Waals surface area (Å²) in [6, 6.07) is 0.235. The van der Waals surface area contributed by atoms with Crippen LogP contribution >= 0.6 is 0 Å². The van der Waals surface area contributed by atoms with Crippen LogP contribution in [0.1, 0.15) is 52.9 Å². The summed E-state index contributed by atoms with van der Waals surface area (Å²) in [6.45, 7) is 6.81. The van der Waals surface area contributed by atoms with Crippen molar-refractivity contribution < 1.29 is 9.53 Å². The van der Waals surface area contributed by atoms with E-state index in [0.717, 1.165) is 25.9 Å². The standard InChI is InChI=1S/C13H25NO2/c1-10(2)8-9-16-13-7-5-4-6-12(13)14-11(3)15/h10,12-13H,4-9H2,1-3H3,(H,14,15). The maximum atomic E-state index is 11.1. The van der Waals surface area contributed by atoms with E-state index in [1.54, 1.807) is 6.92 Å². The molecule has 0 heterocycles. The van der Waals surface area contributed by atoms with Crippen molar-refractivity contribution in [2.75, 3.05) is 6.61 Å². The monoisotopic (exact) mass is 227 g/mol. The molecule has 16 heavy (non-hydrogen) atoms. The average molecular weight is 227 g/mol. The molecule has 3 heteroatoms. The van der Waals surface area contributed by atoms with Gasteiger partial charge in [-0.1, -0.05) is 26.7 Å². The van der Waals surface area contributed by atoms with Gasteiger partial charge >= 0.3 is 0 Å². The molecule has 2 atom stereocenters. The third kappa shape index (κ3) is 4.97. The van der Waals surface area contributed by atoms with Gasteiger partial charge in [0.05, 0.1) is 12.1 Å². The van der Waals surface area contributed by atoms with E-state index >= 15 is 0 Å². The Bertz CT molecular complexity index is 216. The van der Waals surface area contributed by atoms with Gasteiger partial charge in [0, 0.05) is 13.5 Å². The Morgan fingerprint density at radius 2 is 2.06 bits per heavy atom. The Labute approximate surface area is 98.9 Å². The lowest BCUT2D eigenvalue weighted by Crippen LogP contribution is -2.45. The summed E-state index contributed by atoms with van der Waals surface area (Å²) in [7, 11) is 0. The van der Waals surface area contributed by atoms with Gasteiger partial charge < -0.3 is 10.1 Å². The van der Waals surface area contributed by atoms with Gasteiger partial charge in [0.25, 0.3) is 0 Å². The highest BCUT2D eigenvalue weighted by molar-refractivity contribution is 5.73. The zero-order chi connectivity index (χ0) is 12.0. The first kappa shape index (κ1) is 13.5. The fourth-order valence-corrected chi connectivity index (χ4v) is 2.18. The Morgan fingerprint density at radius 3 is 2.69 bits per heavy atom. The fraction of sp³-hybridized carbons (Fsp3) is 0.923. The van der Waals surface area contributed by atoms with Gasteiger partial charge in [0.15, 0.2) is 0 Å². The van der Waals surface area contributed by atoms with Crippen LogP contribution in [0.25, 0.3) is 0 Å². The molecule has 1 aliphatic carbocycles. The molecule has 0 bridgehead atoms. The highest BCUT2D eigenvalue weighted by atomic mass is 16.5. The number of carbonyl (C=O) groups excluding carboxylic acids is 1. The highest BCUT2D eigenvalue weighted by Gasteiger charge is 2.26. The molecule has 1 saturated carbocycles. The van der Waals surface area contributed by atoms with E-state index in [4.69, 9.17) is 4.74 Å². The predicted octanol–water partition coefficient (Wildman–Crippen LogP) is 2.50. The van der Waals surface area contributed by atoms with Gasteiger partial charge in [-0.05, 0) is 25.2 Å². The Balaban J connectivity index is 2.31. The van der Waals surface area contributed by atoms with Crippen molar-refractivity contribution in [3.05, 3.63) is 0 Å². The third-order valence-electron chi connectivity index (χ3n) is 3.12. The van der Waals surface area contributed by atoms with Crippen LogP contribution in [0, 0.1) is 5.92 Å². The minimum atomic E-state index is 0.0596. The number of hydrogen-bond donors (Lipinski definition) is 1. The lowest BCUT2D eigenvalue weighted by atomic mass is 9.92. The molecule has 0 aromatic rings.